The van der Waals surface area contributed by atoms with Crippen LogP contribution in [0, 0.1) is 13.8 Å². The van der Waals surface area contributed by atoms with E-state index in [1.54, 1.807) is 66.7 Å². The fraction of sp³-hybridized carbons (Fsp3) is 0.147. The number of halogens is 2. The number of hydrogen-bond donors (Lipinski definition) is 3. The second-order valence-corrected chi connectivity index (χ2v) is 11.9. The predicted octanol–water partition coefficient (Wildman–Crippen LogP) is 8.53. The second kappa shape index (κ2) is 14.9. The SMILES string of the molecule is CCC(Sc1cccc(NC(=O)/C(=C\c2ccc(Cl)cc2Cl)NC(=O)c2ccccc2)c1)C(=O)Nc1cccc(C)c1C. The van der Waals surface area contributed by atoms with Gasteiger partial charge in [-0.15, -0.1) is 11.8 Å². The molecule has 0 spiro atoms. The number of thioether (sulfide) groups is 1. The zero-order valence-electron chi connectivity index (χ0n) is 23.9. The molecule has 43 heavy (non-hydrogen) atoms. The number of hydrogen-bond acceptors (Lipinski definition) is 4. The van der Waals surface area contributed by atoms with Crippen LogP contribution in [-0.2, 0) is 9.59 Å². The van der Waals surface area contributed by atoms with E-state index in [4.69, 9.17) is 23.2 Å². The van der Waals surface area contributed by atoms with E-state index in [-0.39, 0.29) is 16.9 Å². The summed E-state index contributed by atoms with van der Waals surface area (Å²) in [6, 6.07) is 26.5. The molecule has 220 valence electrons. The molecule has 9 heteroatoms. The first-order chi connectivity index (χ1) is 20.6. The molecule has 1 unspecified atom stereocenters. The lowest BCUT2D eigenvalue weighted by molar-refractivity contribution is -0.116. The Morgan fingerprint density at radius 1 is 0.860 bits per heavy atom. The van der Waals surface area contributed by atoms with Gasteiger partial charge >= 0.3 is 0 Å². The molecule has 3 amide bonds. The van der Waals surface area contributed by atoms with Crippen LogP contribution in [0.3, 0.4) is 0 Å². The van der Waals surface area contributed by atoms with Crippen LogP contribution in [0.25, 0.3) is 6.08 Å². The summed E-state index contributed by atoms with van der Waals surface area (Å²) in [5, 5.41) is 9.04. The summed E-state index contributed by atoms with van der Waals surface area (Å²) in [7, 11) is 0. The topological polar surface area (TPSA) is 87.3 Å². The fourth-order valence-electron chi connectivity index (χ4n) is 4.15. The zero-order chi connectivity index (χ0) is 30.9. The van der Waals surface area contributed by atoms with Crippen molar-refractivity contribution in [2.24, 2.45) is 0 Å². The Kier molecular flexibility index (Phi) is 11.1. The quantitative estimate of drug-likeness (QED) is 0.121. The lowest BCUT2D eigenvalue weighted by atomic mass is 10.1. The number of carbonyl (C=O) groups excluding carboxylic acids is 3. The molecule has 0 radical (unpaired) electrons. The molecule has 0 aliphatic heterocycles. The minimum atomic E-state index is -0.544. The van der Waals surface area contributed by atoms with E-state index < -0.39 is 11.8 Å². The number of nitrogens with one attached hydrogen (secondary N) is 3. The predicted molar refractivity (Wildman–Crippen MR) is 178 cm³/mol. The van der Waals surface area contributed by atoms with Crippen LogP contribution < -0.4 is 16.0 Å². The molecular weight excluding hydrogens is 601 g/mol. The van der Waals surface area contributed by atoms with Crippen molar-refractivity contribution >= 4 is 70.1 Å². The molecular formula is C34H31Cl2N3O3S. The fourth-order valence-corrected chi connectivity index (χ4v) is 5.62. The highest BCUT2D eigenvalue weighted by atomic mass is 35.5. The number of aryl methyl sites for hydroxylation is 1. The molecule has 0 aromatic heterocycles. The largest absolute Gasteiger partial charge is 0.325 e. The van der Waals surface area contributed by atoms with Crippen LogP contribution in [0.4, 0.5) is 11.4 Å². The van der Waals surface area contributed by atoms with E-state index in [0.717, 1.165) is 21.7 Å². The van der Waals surface area contributed by atoms with Gasteiger partial charge in [0.25, 0.3) is 11.8 Å². The first-order valence-electron chi connectivity index (χ1n) is 13.6. The van der Waals surface area contributed by atoms with Gasteiger partial charge in [-0.05, 0) is 91.6 Å². The Bertz CT molecular complexity index is 1680. The van der Waals surface area contributed by atoms with Crippen LogP contribution in [0.2, 0.25) is 10.0 Å². The van der Waals surface area contributed by atoms with Gasteiger partial charge in [0.05, 0.1) is 5.25 Å². The van der Waals surface area contributed by atoms with Gasteiger partial charge in [-0.1, -0.05) is 72.6 Å². The Labute approximate surface area is 265 Å². The number of rotatable bonds is 10. The molecule has 0 fully saturated rings. The molecule has 0 bridgehead atoms. The summed E-state index contributed by atoms with van der Waals surface area (Å²) < 4.78 is 0. The average Bonchev–Trinajstić information content (AvgIpc) is 2.99. The number of benzene rings is 4. The van der Waals surface area contributed by atoms with E-state index >= 15 is 0 Å². The van der Waals surface area contributed by atoms with Gasteiger partial charge in [0.15, 0.2) is 0 Å². The monoisotopic (exact) mass is 631 g/mol. The summed E-state index contributed by atoms with van der Waals surface area (Å²) in [4.78, 5) is 40.4. The van der Waals surface area contributed by atoms with Gasteiger partial charge in [-0.2, -0.15) is 0 Å². The lowest BCUT2D eigenvalue weighted by Crippen LogP contribution is -2.30. The Morgan fingerprint density at radius 2 is 1.60 bits per heavy atom. The van der Waals surface area contributed by atoms with Gasteiger partial charge in [0.1, 0.15) is 5.70 Å². The maximum atomic E-state index is 13.5. The maximum Gasteiger partial charge on any atom is 0.272 e. The number of carbonyl (C=O) groups is 3. The molecule has 1 atom stereocenters. The van der Waals surface area contributed by atoms with Crippen molar-refractivity contribution in [3.8, 4) is 0 Å². The third-order valence-corrected chi connectivity index (χ3v) is 8.61. The van der Waals surface area contributed by atoms with E-state index in [2.05, 4.69) is 16.0 Å². The first-order valence-corrected chi connectivity index (χ1v) is 15.3. The van der Waals surface area contributed by atoms with Crippen molar-refractivity contribution in [2.75, 3.05) is 10.6 Å². The van der Waals surface area contributed by atoms with Crippen molar-refractivity contribution in [1.29, 1.82) is 0 Å². The summed E-state index contributed by atoms with van der Waals surface area (Å²) in [5.74, 6) is -1.08. The van der Waals surface area contributed by atoms with E-state index in [0.29, 0.717) is 33.3 Å². The second-order valence-electron chi connectivity index (χ2n) is 9.78. The van der Waals surface area contributed by atoms with Gasteiger partial charge < -0.3 is 16.0 Å². The average molecular weight is 633 g/mol. The number of anilines is 2. The molecule has 0 aliphatic rings. The molecule has 4 rings (SSSR count). The minimum Gasteiger partial charge on any atom is -0.325 e. The van der Waals surface area contributed by atoms with Crippen molar-refractivity contribution in [3.63, 3.8) is 0 Å². The van der Waals surface area contributed by atoms with Crippen molar-refractivity contribution in [2.45, 2.75) is 37.3 Å². The Hall–Kier alpha value is -4.04. The van der Waals surface area contributed by atoms with Crippen LogP contribution in [0.5, 0.6) is 0 Å². The number of amides is 3. The molecule has 4 aromatic carbocycles. The van der Waals surface area contributed by atoms with Crippen LogP contribution >= 0.6 is 35.0 Å². The molecule has 0 aliphatic carbocycles. The molecule has 0 saturated heterocycles. The van der Waals surface area contributed by atoms with Crippen molar-refractivity contribution < 1.29 is 14.4 Å². The minimum absolute atomic E-state index is 0.00420. The van der Waals surface area contributed by atoms with Crippen LogP contribution in [0.1, 0.15) is 40.4 Å². The van der Waals surface area contributed by atoms with Gasteiger partial charge in [-0.3, -0.25) is 14.4 Å². The summed E-state index contributed by atoms with van der Waals surface area (Å²) in [6.07, 6.45) is 2.11. The first kappa shape index (κ1) is 31.9. The molecule has 3 N–H and O–H groups in total. The highest BCUT2D eigenvalue weighted by Crippen LogP contribution is 2.30. The summed E-state index contributed by atoms with van der Waals surface area (Å²) in [6.45, 7) is 5.95. The Balaban J connectivity index is 1.53. The maximum absolute atomic E-state index is 13.5. The Morgan fingerprint density at radius 3 is 2.33 bits per heavy atom. The van der Waals surface area contributed by atoms with Gasteiger partial charge in [0, 0.05) is 31.9 Å². The third-order valence-electron chi connectivity index (χ3n) is 6.69. The summed E-state index contributed by atoms with van der Waals surface area (Å²) >= 11 is 13.8. The van der Waals surface area contributed by atoms with Crippen LogP contribution in [-0.4, -0.2) is 23.0 Å². The van der Waals surface area contributed by atoms with Gasteiger partial charge in [0.2, 0.25) is 5.91 Å². The molecule has 0 saturated carbocycles. The van der Waals surface area contributed by atoms with E-state index in [1.807, 2.05) is 45.0 Å². The highest BCUT2D eigenvalue weighted by Gasteiger charge is 2.20. The van der Waals surface area contributed by atoms with Crippen molar-refractivity contribution in [1.82, 2.24) is 5.32 Å². The highest BCUT2D eigenvalue weighted by molar-refractivity contribution is 8.00. The third kappa shape index (κ3) is 8.74. The smallest absolute Gasteiger partial charge is 0.272 e. The summed E-state index contributed by atoms with van der Waals surface area (Å²) in [5.41, 5.74) is 4.33. The van der Waals surface area contributed by atoms with E-state index in [1.165, 1.54) is 17.8 Å². The van der Waals surface area contributed by atoms with Crippen molar-refractivity contribution in [3.05, 3.63) is 129 Å². The molecule has 4 aromatic rings. The normalized spacial score (nSPS) is 11.9. The molecule has 6 nitrogen and oxygen atoms in total. The zero-order valence-corrected chi connectivity index (χ0v) is 26.2. The lowest BCUT2D eigenvalue weighted by Gasteiger charge is -2.17. The van der Waals surface area contributed by atoms with Gasteiger partial charge in [-0.25, -0.2) is 0 Å². The molecule has 0 heterocycles. The van der Waals surface area contributed by atoms with E-state index in [9.17, 15) is 14.4 Å². The van der Waals surface area contributed by atoms with Crippen LogP contribution in [0.15, 0.2) is 102 Å². The standard InChI is InChI=1S/C34H31Cl2N3O3S/c1-4-31(34(42)38-29-15-8-10-21(2)22(29)3)43-27-14-9-13-26(20-27)37-33(41)30(18-24-16-17-25(35)19-28(24)36)39-32(40)23-11-6-5-7-12-23/h5-20,31H,4H2,1-3H3,(H,37,41)(H,38,42)(H,39,40)/b30-18+.